The average Bonchev–Trinajstić information content (AvgIpc) is 2.14. The van der Waals surface area contributed by atoms with Crippen LogP contribution in [0.3, 0.4) is 0 Å². The van der Waals surface area contributed by atoms with Gasteiger partial charge in [-0.15, -0.1) is 13.2 Å². The van der Waals surface area contributed by atoms with Crippen LogP contribution >= 0.6 is 0 Å². The van der Waals surface area contributed by atoms with Gasteiger partial charge in [0.1, 0.15) is 5.75 Å². The van der Waals surface area contributed by atoms with Crippen molar-refractivity contribution in [3.05, 3.63) is 29.8 Å². The van der Waals surface area contributed by atoms with Gasteiger partial charge in [-0.25, -0.2) is 0 Å². The topological polar surface area (TPSA) is 9.23 Å². The fraction of sp³-hybridized carbons (Fsp3) is 0.538. The predicted molar refractivity (Wildman–Crippen MR) is 61.0 cm³/mol. The summed E-state index contributed by atoms with van der Waals surface area (Å²) in [5, 5.41) is 0. The zero-order valence-electron chi connectivity index (χ0n) is 10.4. The summed E-state index contributed by atoms with van der Waals surface area (Å²) < 4.78 is 39.7. The van der Waals surface area contributed by atoms with Crippen LogP contribution in [0.1, 0.15) is 39.2 Å². The van der Waals surface area contributed by atoms with Crippen LogP contribution in [0.25, 0.3) is 0 Å². The van der Waals surface area contributed by atoms with Crippen molar-refractivity contribution in [2.24, 2.45) is 5.41 Å². The van der Waals surface area contributed by atoms with E-state index >= 15 is 0 Å². The number of hydrogen-bond acceptors (Lipinski definition) is 1. The van der Waals surface area contributed by atoms with Crippen LogP contribution in [-0.2, 0) is 0 Å². The van der Waals surface area contributed by atoms with E-state index in [2.05, 4.69) is 32.4 Å². The third kappa shape index (κ3) is 4.29. The lowest BCUT2D eigenvalue weighted by atomic mass is 9.78. The normalized spacial score (nSPS) is 14.5. The molecule has 1 rings (SSSR count). The quantitative estimate of drug-likeness (QED) is 0.732. The number of benzene rings is 1. The van der Waals surface area contributed by atoms with Gasteiger partial charge < -0.3 is 4.74 Å². The van der Waals surface area contributed by atoms with Crippen LogP contribution < -0.4 is 4.74 Å². The maximum Gasteiger partial charge on any atom is 0.573 e. The first kappa shape index (κ1) is 13.9. The first-order valence-corrected chi connectivity index (χ1v) is 5.45. The summed E-state index contributed by atoms with van der Waals surface area (Å²) >= 11 is 0. The van der Waals surface area contributed by atoms with Crippen molar-refractivity contribution in [1.29, 1.82) is 0 Å². The Labute approximate surface area is 99.6 Å². The van der Waals surface area contributed by atoms with Crippen LogP contribution in [0, 0.1) is 5.41 Å². The lowest BCUT2D eigenvalue weighted by Crippen LogP contribution is -2.17. The average molecular weight is 246 g/mol. The van der Waals surface area contributed by atoms with Gasteiger partial charge in [-0.05, 0) is 29.0 Å². The minimum Gasteiger partial charge on any atom is -0.406 e. The Morgan fingerprint density at radius 2 is 1.47 bits per heavy atom. The predicted octanol–water partition coefficient (Wildman–Crippen LogP) is 4.73. The zero-order valence-corrected chi connectivity index (χ0v) is 10.4. The smallest absolute Gasteiger partial charge is 0.406 e. The lowest BCUT2D eigenvalue weighted by Gasteiger charge is -2.27. The van der Waals surface area contributed by atoms with E-state index in [0.29, 0.717) is 0 Å². The summed E-state index contributed by atoms with van der Waals surface area (Å²) in [6, 6.07) is 6.06. The molecule has 0 aliphatic heterocycles. The first-order chi connectivity index (χ1) is 7.59. The maximum absolute atomic E-state index is 12.0. The molecular weight excluding hydrogens is 229 g/mol. The van der Waals surface area contributed by atoms with E-state index in [-0.39, 0.29) is 17.1 Å². The Morgan fingerprint density at radius 3 is 1.82 bits per heavy atom. The second-order valence-electron chi connectivity index (χ2n) is 5.20. The molecule has 17 heavy (non-hydrogen) atoms. The highest BCUT2D eigenvalue weighted by molar-refractivity contribution is 5.30. The van der Waals surface area contributed by atoms with Gasteiger partial charge >= 0.3 is 6.36 Å². The van der Waals surface area contributed by atoms with Gasteiger partial charge in [-0.1, -0.05) is 39.8 Å². The molecule has 0 fully saturated rings. The Bertz CT molecular complexity index is 360. The number of rotatable bonds is 2. The number of halogens is 3. The van der Waals surface area contributed by atoms with Crippen molar-refractivity contribution < 1.29 is 17.9 Å². The van der Waals surface area contributed by atoms with Gasteiger partial charge in [0, 0.05) is 0 Å². The summed E-state index contributed by atoms with van der Waals surface area (Å²) in [6.45, 7) is 8.34. The molecule has 1 unspecified atom stereocenters. The Kier molecular flexibility index (Phi) is 3.74. The molecule has 1 aromatic rings. The fourth-order valence-electron chi connectivity index (χ4n) is 1.46. The van der Waals surface area contributed by atoms with Gasteiger partial charge in [0.15, 0.2) is 0 Å². The Morgan fingerprint density at radius 1 is 1.00 bits per heavy atom. The summed E-state index contributed by atoms with van der Waals surface area (Å²) in [6.07, 6.45) is -4.63. The van der Waals surface area contributed by atoms with Gasteiger partial charge in [0.2, 0.25) is 0 Å². The highest BCUT2D eigenvalue weighted by atomic mass is 19.4. The molecule has 96 valence electrons. The van der Waals surface area contributed by atoms with Gasteiger partial charge in [0.25, 0.3) is 0 Å². The molecule has 0 aliphatic carbocycles. The Balaban J connectivity index is 2.82. The van der Waals surface area contributed by atoms with Crippen molar-refractivity contribution in [1.82, 2.24) is 0 Å². The second-order valence-corrected chi connectivity index (χ2v) is 5.20. The SMILES string of the molecule is CC(c1ccc(OC(F)(F)F)cc1)C(C)(C)C. The summed E-state index contributed by atoms with van der Waals surface area (Å²) in [5.74, 6) is 0.0878. The summed E-state index contributed by atoms with van der Waals surface area (Å²) in [5.41, 5.74) is 1.08. The zero-order chi connectivity index (χ0) is 13.3. The molecule has 0 aromatic heterocycles. The lowest BCUT2D eigenvalue weighted by molar-refractivity contribution is -0.274. The minimum atomic E-state index is -4.63. The molecule has 0 N–H and O–H groups in total. The highest BCUT2D eigenvalue weighted by Gasteiger charge is 2.31. The molecule has 0 saturated heterocycles. The molecule has 1 aromatic carbocycles. The number of hydrogen-bond donors (Lipinski definition) is 0. The molecule has 0 amide bonds. The van der Waals surface area contributed by atoms with Crippen molar-refractivity contribution in [2.45, 2.75) is 40.0 Å². The van der Waals surface area contributed by atoms with Crippen molar-refractivity contribution in [3.8, 4) is 5.75 Å². The first-order valence-electron chi connectivity index (χ1n) is 5.45. The second kappa shape index (κ2) is 4.59. The van der Waals surface area contributed by atoms with Gasteiger partial charge in [0.05, 0.1) is 0 Å². The molecule has 0 heterocycles. The molecule has 0 spiro atoms. The maximum atomic E-state index is 12.0. The molecule has 1 atom stereocenters. The van der Waals surface area contributed by atoms with Crippen LogP contribution in [0.4, 0.5) is 13.2 Å². The third-order valence-corrected chi connectivity index (χ3v) is 2.91. The van der Waals surface area contributed by atoms with Crippen LogP contribution in [0.5, 0.6) is 5.75 Å². The monoisotopic (exact) mass is 246 g/mol. The molecular formula is C13H17F3O. The van der Waals surface area contributed by atoms with Crippen LogP contribution in [0.2, 0.25) is 0 Å². The fourth-order valence-corrected chi connectivity index (χ4v) is 1.46. The third-order valence-electron chi connectivity index (χ3n) is 2.91. The van der Waals surface area contributed by atoms with Crippen LogP contribution in [0.15, 0.2) is 24.3 Å². The van der Waals surface area contributed by atoms with Crippen molar-refractivity contribution in [2.75, 3.05) is 0 Å². The molecule has 0 aliphatic rings. The van der Waals surface area contributed by atoms with E-state index in [9.17, 15) is 13.2 Å². The van der Waals surface area contributed by atoms with E-state index in [1.165, 1.54) is 12.1 Å². The summed E-state index contributed by atoms with van der Waals surface area (Å²) in [4.78, 5) is 0. The Hall–Kier alpha value is -1.19. The largest absolute Gasteiger partial charge is 0.573 e. The van der Waals surface area contributed by atoms with Crippen molar-refractivity contribution >= 4 is 0 Å². The van der Waals surface area contributed by atoms with Crippen molar-refractivity contribution in [3.63, 3.8) is 0 Å². The number of ether oxygens (including phenoxy) is 1. The van der Waals surface area contributed by atoms with E-state index in [0.717, 1.165) is 5.56 Å². The summed E-state index contributed by atoms with van der Waals surface area (Å²) in [7, 11) is 0. The standard InChI is InChI=1S/C13H17F3O/c1-9(12(2,3)4)10-5-7-11(8-6-10)17-13(14,15)16/h5-9H,1-4H3. The van der Waals surface area contributed by atoms with Crippen LogP contribution in [-0.4, -0.2) is 6.36 Å². The highest BCUT2D eigenvalue weighted by Crippen LogP contribution is 2.35. The van der Waals surface area contributed by atoms with E-state index in [4.69, 9.17) is 0 Å². The number of alkyl halides is 3. The molecule has 0 saturated carbocycles. The molecule has 0 radical (unpaired) electrons. The van der Waals surface area contributed by atoms with E-state index in [1.807, 2.05) is 0 Å². The molecule has 1 nitrogen and oxygen atoms in total. The van der Waals surface area contributed by atoms with Gasteiger partial charge in [-0.3, -0.25) is 0 Å². The molecule has 4 heteroatoms. The minimum absolute atomic E-state index is 0.0758. The van der Waals surface area contributed by atoms with E-state index in [1.54, 1.807) is 12.1 Å². The van der Waals surface area contributed by atoms with E-state index < -0.39 is 6.36 Å². The molecule has 0 bridgehead atoms. The van der Waals surface area contributed by atoms with Gasteiger partial charge in [-0.2, -0.15) is 0 Å².